The molecule has 0 atom stereocenters. The van der Waals surface area contributed by atoms with Gasteiger partial charge < -0.3 is 10.1 Å². The first-order valence-electron chi connectivity index (χ1n) is 6.01. The molecule has 102 valence electrons. The van der Waals surface area contributed by atoms with Gasteiger partial charge in [0.1, 0.15) is 11.6 Å². The number of aryl methyl sites for hydroxylation is 1. The monoisotopic (exact) mass is 287 g/mol. The van der Waals surface area contributed by atoms with Crippen molar-refractivity contribution in [3.8, 4) is 17.3 Å². The highest BCUT2D eigenvalue weighted by Crippen LogP contribution is 2.22. The number of thioether (sulfide) groups is 1. The highest BCUT2D eigenvalue weighted by molar-refractivity contribution is 7.99. The van der Waals surface area contributed by atoms with Crippen molar-refractivity contribution in [1.82, 2.24) is 9.97 Å². The summed E-state index contributed by atoms with van der Waals surface area (Å²) in [6.45, 7) is 1.96. The van der Waals surface area contributed by atoms with Crippen molar-refractivity contribution < 1.29 is 5.11 Å². The van der Waals surface area contributed by atoms with Gasteiger partial charge in [0, 0.05) is 11.3 Å². The van der Waals surface area contributed by atoms with Crippen molar-refractivity contribution in [2.45, 2.75) is 12.1 Å². The van der Waals surface area contributed by atoms with Crippen LogP contribution in [-0.4, -0.2) is 27.4 Å². The Morgan fingerprint density at radius 2 is 2.10 bits per heavy atom. The van der Waals surface area contributed by atoms with Crippen LogP contribution in [0.5, 0.6) is 0 Å². The van der Waals surface area contributed by atoms with E-state index in [0.717, 1.165) is 11.1 Å². The van der Waals surface area contributed by atoms with Gasteiger partial charge in [-0.1, -0.05) is 41.6 Å². The molecule has 6 heteroatoms. The highest BCUT2D eigenvalue weighted by atomic mass is 32.2. The Hall–Kier alpha value is -2.10. The van der Waals surface area contributed by atoms with Crippen LogP contribution in [0.25, 0.3) is 11.3 Å². The van der Waals surface area contributed by atoms with Gasteiger partial charge in [0.05, 0.1) is 12.3 Å². The second-order valence-corrected chi connectivity index (χ2v) is 5.23. The first-order chi connectivity index (χ1) is 9.65. The first kappa shape index (κ1) is 14.3. The molecule has 0 aliphatic carbocycles. The van der Waals surface area contributed by atoms with Gasteiger partial charge in [0.15, 0.2) is 5.16 Å². The molecular weight excluding hydrogens is 274 g/mol. The van der Waals surface area contributed by atoms with Crippen molar-refractivity contribution in [2.24, 2.45) is 0 Å². The Labute approximate surface area is 120 Å². The minimum absolute atomic E-state index is 0.00204. The number of benzene rings is 1. The second kappa shape index (κ2) is 6.37. The third kappa shape index (κ3) is 3.07. The van der Waals surface area contributed by atoms with Crippen LogP contribution in [0.15, 0.2) is 34.2 Å². The Morgan fingerprint density at radius 3 is 2.70 bits per heavy atom. The van der Waals surface area contributed by atoms with Crippen LogP contribution in [0, 0.1) is 18.3 Å². The molecule has 1 heterocycles. The number of hydrogen-bond donors (Lipinski definition) is 2. The van der Waals surface area contributed by atoms with E-state index in [2.05, 4.69) is 9.97 Å². The maximum atomic E-state index is 11.9. The summed E-state index contributed by atoms with van der Waals surface area (Å²) in [5.74, 6) is 0.433. The topological polar surface area (TPSA) is 89.8 Å². The van der Waals surface area contributed by atoms with Crippen molar-refractivity contribution in [3.05, 3.63) is 45.7 Å². The lowest BCUT2D eigenvalue weighted by Crippen LogP contribution is -2.15. The van der Waals surface area contributed by atoms with Crippen LogP contribution in [0.3, 0.4) is 0 Å². The second-order valence-electron chi connectivity index (χ2n) is 4.14. The minimum atomic E-state index is -0.460. The molecule has 0 radical (unpaired) electrons. The van der Waals surface area contributed by atoms with Gasteiger partial charge in [-0.25, -0.2) is 4.98 Å². The molecule has 1 aromatic carbocycles. The molecular formula is C14H13N3O2S. The van der Waals surface area contributed by atoms with Gasteiger partial charge in [-0.05, 0) is 6.92 Å². The fraction of sp³-hybridized carbons (Fsp3) is 0.214. The summed E-state index contributed by atoms with van der Waals surface area (Å²) in [5.41, 5.74) is 1.73. The number of H-pyrrole nitrogens is 1. The van der Waals surface area contributed by atoms with Crippen LogP contribution in [0.4, 0.5) is 0 Å². The smallest absolute Gasteiger partial charge is 0.270 e. The molecule has 0 aliphatic rings. The van der Waals surface area contributed by atoms with Crippen molar-refractivity contribution >= 4 is 11.8 Å². The van der Waals surface area contributed by atoms with Gasteiger partial charge >= 0.3 is 0 Å². The Balaban J connectivity index is 2.54. The van der Waals surface area contributed by atoms with Gasteiger partial charge in [-0.2, -0.15) is 5.26 Å². The van der Waals surface area contributed by atoms with E-state index in [9.17, 15) is 4.79 Å². The van der Waals surface area contributed by atoms with E-state index in [1.165, 1.54) is 11.8 Å². The zero-order valence-corrected chi connectivity index (χ0v) is 11.7. The van der Waals surface area contributed by atoms with E-state index < -0.39 is 5.56 Å². The molecule has 2 rings (SSSR count). The summed E-state index contributed by atoms with van der Waals surface area (Å²) in [5, 5.41) is 18.3. The number of nitriles is 1. The molecule has 0 saturated carbocycles. The number of aliphatic hydroxyl groups excluding tert-OH is 1. The molecule has 5 nitrogen and oxygen atoms in total. The Morgan fingerprint density at radius 1 is 1.40 bits per heavy atom. The summed E-state index contributed by atoms with van der Waals surface area (Å²) in [6.07, 6.45) is 0. The van der Waals surface area contributed by atoms with Crippen LogP contribution in [0.1, 0.15) is 11.1 Å². The largest absolute Gasteiger partial charge is 0.396 e. The average Bonchev–Trinajstić information content (AvgIpc) is 2.45. The third-order valence-electron chi connectivity index (χ3n) is 2.66. The van der Waals surface area contributed by atoms with E-state index in [-0.39, 0.29) is 12.2 Å². The van der Waals surface area contributed by atoms with Crippen molar-refractivity contribution in [1.29, 1.82) is 5.26 Å². The predicted molar refractivity (Wildman–Crippen MR) is 77.6 cm³/mol. The van der Waals surface area contributed by atoms with E-state index in [0.29, 0.717) is 16.6 Å². The van der Waals surface area contributed by atoms with E-state index in [1.807, 2.05) is 37.3 Å². The number of nitrogens with zero attached hydrogens (tertiary/aromatic N) is 2. The Bertz CT molecular complexity index is 702. The average molecular weight is 287 g/mol. The van der Waals surface area contributed by atoms with Crippen LogP contribution in [-0.2, 0) is 0 Å². The number of hydrogen-bond acceptors (Lipinski definition) is 5. The number of nitrogens with one attached hydrogen (secondary N) is 1. The van der Waals surface area contributed by atoms with Gasteiger partial charge in [0.25, 0.3) is 5.56 Å². The lowest BCUT2D eigenvalue weighted by atomic mass is 10.1. The molecule has 2 aromatic rings. The zero-order valence-electron chi connectivity index (χ0n) is 10.9. The standard InChI is InChI=1S/C14H13N3O2S/c1-9-2-4-10(5-3-9)12-11(8-15)13(19)17-14(16-12)20-7-6-18/h2-5,18H,6-7H2,1H3,(H,16,17,19). The molecule has 0 unspecified atom stereocenters. The maximum absolute atomic E-state index is 11.9. The molecule has 0 amide bonds. The Kier molecular flexibility index (Phi) is 4.56. The molecule has 1 aromatic heterocycles. The number of aromatic amines is 1. The highest BCUT2D eigenvalue weighted by Gasteiger charge is 2.13. The molecule has 20 heavy (non-hydrogen) atoms. The summed E-state index contributed by atoms with van der Waals surface area (Å²) < 4.78 is 0. The third-order valence-corrected chi connectivity index (χ3v) is 3.52. The number of aromatic nitrogens is 2. The summed E-state index contributed by atoms with van der Waals surface area (Å²) >= 11 is 1.24. The number of aliphatic hydroxyl groups is 1. The quantitative estimate of drug-likeness (QED) is 0.660. The van der Waals surface area contributed by atoms with Crippen LogP contribution < -0.4 is 5.56 Å². The van der Waals surface area contributed by atoms with Gasteiger partial charge in [0.2, 0.25) is 0 Å². The SMILES string of the molecule is Cc1ccc(-c2nc(SCCO)[nH]c(=O)c2C#N)cc1. The summed E-state index contributed by atoms with van der Waals surface area (Å²) in [4.78, 5) is 18.8. The fourth-order valence-corrected chi connectivity index (χ4v) is 2.29. The van der Waals surface area contributed by atoms with E-state index >= 15 is 0 Å². The molecule has 0 spiro atoms. The van der Waals surface area contributed by atoms with E-state index in [1.54, 1.807) is 0 Å². The van der Waals surface area contributed by atoms with Crippen molar-refractivity contribution in [2.75, 3.05) is 12.4 Å². The minimum Gasteiger partial charge on any atom is -0.396 e. The van der Waals surface area contributed by atoms with Crippen LogP contribution in [0.2, 0.25) is 0 Å². The lowest BCUT2D eigenvalue weighted by Gasteiger charge is -2.06. The first-order valence-corrected chi connectivity index (χ1v) is 6.99. The van der Waals surface area contributed by atoms with Crippen molar-refractivity contribution in [3.63, 3.8) is 0 Å². The molecule has 0 bridgehead atoms. The van der Waals surface area contributed by atoms with Gasteiger partial charge in [-0.15, -0.1) is 0 Å². The maximum Gasteiger partial charge on any atom is 0.270 e. The normalized spacial score (nSPS) is 10.2. The number of rotatable bonds is 4. The van der Waals surface area contributed by atoms with E-state index in [4.69, 9.17) is 10.4 Å². The fourth-order valence-electron chi connectivity index (χ4n) is 1.69. The predicted octanol–water partition coefficient (Wildman–Crippen LogP) is 1.70. The summed E-state index contributed by atoms with van der Waals surface area (Å²) in [6, 6.07) is 9.36. The van der Waals surface area contributed by atoms with Crippen LogP contribution >= 0.6 is 11.8 Å². The van der Waals surface area contributed by atoms with Gasteiger partial charge in [-0.3, -0.25) is 4.79 Å². The molecule has 2 N–H and O–H groups in total. The zero-order chi connectivity index (χ0) is 14.5. The molecule has 0 saturated heterocycles. The molecule has 0 fully saturated rings. The summed E-state index contributed by atoms with van der Waals surface area (Å²) in [7, 11) is 0. The lowest BCUT2D eigenvalue weighted by molar-refractivity contribution is 0.322. The molecule has 0 aliphatic heterocycles.